The van der Waals surface area contributed by atoms with Gasteiger partial charge in [0.1, 0.15) is 0 Å². The number of rotatable bonds is 3. The van der Waals surface area contributed by atoms with Crippen molar-refractivity contribution in [1.82, 2.24) is 0 Å². The quantitative estimate of drug-likeness (QED) is 0.279. The SMILES string of the molecule is [C-]#[N+]/C(C#N)=c1\c2c(/c(=C(/C#N)[N+]#[C-])c3c1Cc1ccc(S(C)(=O)=O)cc1-3)-c1cc(CS(=O)O)ccc1C2. The molecule has 1 atom stereocenters. The van der Waals surface area contributed by atoms with Crippen molar-refractivity contribution in [1.29, 1.82) is 10.5 Å². The monoisotopic (exact) mass is 536 g/mol. The van der Waals surface area contributed by atoms with Crippen LogP contribution in [0, 0.1) is 35.8 Å². The summed E-state index contributed by atoms with van der Waals surface area (Å²) in [7, 11) is -3.58. The molecule has 0 fully saturated rings. The number of hydrogen-bond acceptors (Lipinski definition) is 5. The van der Waals surface area contributed by atoms with E-state index in [1.54, 1.807) is 24.3 Å². The summed E-state index contributed by atoms with van der Waals surface area (Å²) in [5, 5.41) is 20.6. The van der Waals surface area contributed by atoms with E-state index in [-0.39, 0.29) is 22.0 Å². The van der Waals surface area contributed by atoms with Crippen LogP contribution in [0.4, 0.5) is 0 Å². The summed E-state index contributed by atoms with van der Waals surface area (Å²) in [4.78, 5) is 7.06. The summed E-state index contributed by atoms with van der Waals surface area (Å²) in [5.41, 5.74) is 5.22. The Kier molecular flexibility index (Phi) is 5.98. The smallest absolute Gasteiger partial charge is 0.270 e. The summed E-state index contributed by atoms with van der Waals surface area (Å²) >= 11 is -2.09. The molecular weight excluding hydrogens is 520 g/mol. The van der Waals surface area contributed by atoms with Gasteiger partial charge in [-0.3, -0.25) is 0 Å². The number of benzene rings is 3. The second-order valence-electron chi connectivity index (χ2n) is 9.00. The van der Waals surface area contributed by atoms with Crippen molar-refractivity contribution in [3.63, 3.8) is 0 Å². The lowest BCUT2D eigenvalue weighted by Crippen LogP contribution is -2.25. The third-order valence-corrected chi connectivity index (χ3v) is 8.55. The molecule has 0 spiro atoms. The van der Waals surface area contributed by atoms with Gasteiger partial charge in [-0.15, -0.1) is 0 Å². The maximum absolute atomic E-state index is 12.4. The van der Waals surface area contributed by atoms with Gasteiger partial charge in [0, 0.05) is 11.5 Å². The average molecular weight is 537 g/mol. The highest BCUT2D eigenvalue weighted by atomic mass is 32.2. The standard InChI is InChI=1S/C28H16N4O4S2/c1-31-23(12-29)25-21-9-16-5-4-15(14-37(33)34)8-19(16)26(21)28(24(13-30)32-2)27-20-11-18(38(3,35)36)7-6-17(20)10-22(25)27/h4-8,11H,9-10,14H2,3H3,(H,33,34)/b25-23+,28-24+. The molecule has 0 aliphatic heterocycles. The lowest BCUT2D eigenvalue weighted by Gasteiger charge is -2.14. The zero-order valence-electron chi connectivity index (χ0n) is 19.9. The minimum atomic E-state index is -3.58. The van der Waals surface area contributed by atoms with Crippen LogP contribution in [-0.2, 0) is 39.5 Å². The van der Waals surface area contributed by atoms with E-state index in [1.807, 2.05) is 12.1 Å². The predicted molar refractivity (Wildman–Crippen MR) is 141 cm³/mol. The Morgan fingerprint density at radius 1 is 0.947 bits per heavy atom. The predicted octanol–water partition coefficient (Wildman–Crippen LogP) is 3.06. The van der Waals surface area contributed by atoms with Gasteiger partial charge >= 0.3 is 0 Å². The van der Waals surface area contributed by atoms with E-state index >= 15 is 0 Å². The summed E-state index contributed by atoms with van der Waals surface area (Å²) in [5.74, 6) is -0.119. The van der Waals surface area contributed by atoms with Crippen LogP contribution in [0.15, 0.2) is 41.3 Å². The lowest BCUT2D eigenvalue weighted by atomic mass is 9.90. The molecule has 3 aromatic carbocycles. The van der Waals surface area contributed by atoms with Crippen molar-refractivity contribution in [3.05, 3.63) is 97.5 Å². The third kappa shape index (κ3) is 3.80. The van der Waals surface area contributed by atoms with Gasteiger partial charge in [0.2, 0.25) is 0 Å². The molecular formula is C28H16N4O4S2. The molecule has 0 heterocycles. The van der Waals surface area contributed by atoms with Crippen LogP contribution < -0.4 is 10.4 Å². The Hall–Kier alpha value is -4.58. The van der Waals surface area contributed by atoms with Gasteiger partial charge in [0.25, 0.3) is 11.4 Å². The molecule has 0 aromatic heterocycles. The molecule has 2 aliphatic rings. The van der Waals surface area contributed by atoms with Crippen LogP contribution in [0.3, 0.4) is 0 Å². The summed E-state index contributed by atoms with van der Waals surface area (Å²) in [6.45, 7) is 15.5. The average Bonchev–Trinajstić information content (AvgIpc) is 3.43. The van der Waals surface area contributed by atoms with E-state index in [0.717, 1.165) is 17.4 Å². The number of hydrogen-bond donors (Lipinski definition) is 1. The van der Waals surface area contributed by atoms with Gasteiger partial charge in [0.05, 0.1) is 35.9 Å². The molecule has 1 unspecified atom stereocenters. The molecule has 0 bridgehead atoms. The maximum Gasteiger partial charge on any atom is 0.270 e. The molecule has 0 saturated heterocycles. The first-order chi connectivity index (χ1) is 18.1. The van der Waals surface area contributed by atoms with Crippen LogP contribution >= 0.6 is 0 Å². The summed E-state index contributed by atoms with van der Waals surface area (Å²) < 4.78 is 45.7. The molecule has 38 heavy (non-hydrogen) atoms. The van der Waals surface area contributed by atoms with Crippen molar-refractivity contribution in [2.45, 2.75) is 23.5 Å². The fourth-order valence-corrected chi connectivity index (χ4v) is 6.51. The van der Waals surface area contributed by atoms with Crippen LogP contribution in [0.2, 0.25) is 0 Å². The maximum atomic E-state index is 12.4. The van der Waals surface area contributed by atoms with Crippen LogP contribution in [0.5, 0.6) is 0 Å². The van der Waals surface area contributed by atoms with E-state index in [2.05, 4.69) is 9.69 Å². The van der Waals surface area contributed by atoms with E-state index < -0.39 is 20.9 Å². The molecule has 0 radical (unpaired) electrons. The lowest BCUT2D eigenvalue weighted by molar-refractivity contribution is 0.563. The molecule has 10 heteroatoms. The van der Waals surface area contributed by atoms with Gasteiger partial charge in [-0.2, -0.15) is 0 Å². The molecule has 0 saturated carbocycles. The zero-order valence-corrected chi connectivity index (χ0v) is 21.5. The van der Waals surface area contributed by atoms with Gasteiger partial charge in [0.15, 0.2) is 20.9 Å². The first-order valence-electron chi connectivity index (χ1n) is 11.2. The molecule has 1 N–H and O–H groups in total. The van der Waals surface area contributed by atoms with Gasteiger partial charge in [-0.05, 0) is 86.3 Å². The second-order valence-corrected chi connectivity index (χ2v) is 12.0. The minimum Gasteiger partial charge on any atom is -0.306 e. The highest BCUT2D eigenvalue weighted by molar-refractivity contribution is 7.90. The molecule has 3 aromatic rings. The Labute approximate surface area is 221 Å². The second kappa shape index (κ2) is 9.06. The number of sulfone groups is 1. The third-order valence-electron chi connectivity index (χ3n) is 6.86. The first kappa shape index (κ1) is 25.1. The van der Waals surface area contributed by atoms with E-state index in [0.29, 0.717) is 62.2 Å². The van der Waals surface area contributed by atoms with Gasteiger partial charge < -0.3 is 4.55 Å². The van der Waals surface area contributed by atoms with Crippen molar-refractivity contribution in [2.24, 2.45) is 0 Å². The topological polar surface area (TPSA) is 128 Å². The van der Waals surface area contributed by atoms with Crippen molar-refractivity contribution in [3.8, 4) is 34.4 Å². The molecule has 0 amide bonds. The van der Waals surface area contributed by atoms with Crippen molar-refractivity contribution >= 4 is 32.3 Å². The van der Waals surface area contributed by atoms with Crippen LogP contribution in [0.25, 0.3) is 43.3 Å². The fourth-order valence-electron chi connectivity index (χ4n) is 5.40. The van der Waals surface area contributed by atoms with Crippen molar-refractivity contribution < 1.29 is 17.2 Å². The van der Waals surface area contributed by atoms with E-state index in [9.17, 15) is 27.7 Å². The number of nitrogens with zero attached hydrogens (tertiary/aromatic N) is 4. The molecule has 5 rings (SSSR count). The first-order valence-corrected chi connectivity index (χ1v) is 14.3. The van der Waals surface area contributed by atoms with Gasteiger partial charge in [-0.1, -0.05) is 18.2 Å². The Morgan fingerprint density at radius 2 is 1.47 bits per heavy atom. The number of nitriles is 2. The van der Waals surface area contributed by atoms with Crippen LogP contribution in [0.1, 0.15) is 27.8 Å². The summed E-state index contributed by atoms with van der Waals surface area (Å²) in [6.07, 6.45) is 1.73. The molecule has 2 aliphatic carbocycles. The van der Waals surface area contributed by atoms with Crippen molar-refractivity contribution in [2.75, 3.05) is 6.26 Å². The van der Waals surface area contributed by atoms with Gasteiger partial charge in [-0.25, -0.2) is 32.8 Å². The molecule has 184 valence electrons. The molecule has 8 nitrogen and oxygen atoms in total. The highest BCUT2D eigenvalue weighted by Crippen LogP contribution is 2.41. The fraction of sp³-hybridized carbons (Fsp3) is 0.143. The van der Waals surface area contributed by atoms with E-state index in [1.165, 1.54) is 12.1 Å². The summed E-state index contributed by atoms with van der Waals surface area (Å²) in [6, 6.07) is 13.9. The number of fused-ring (bicyclic) bond motifs is 6. The van der Waals surface area contributed by atoms with Crippen LogP contribution in [-0.4, -0.2) is 23.4 Å². The highest BCUT2D eigenvalue weighted by Gasteiger charge is 2.32. The Balaban J connectivity index is 2.07. The largest absolute Gasteiger partial charge is 0.306 e. The Morgan fingerprint density at radius 3 is 1.97 bits per heavy atom. The normalized spacial score (nSPS) is 14.9. The van der Waals surface area contributed by atoms with E-state index in [4.69, 9.17) is 13.1 Å². The Bertz CT molecular complexity index is 2020. The zero-order chi connectivity index (χ0) is 27.4. The minimum absolute atomic E-state index is 0.0706.